The van der Waals surface area contributed by atoms with Crippen molar-refractivity contribution in [3.05, 3.63) is 66.0 Å². The van der Waals surface area contributed by atoms with Crippen molar-refractivity contribution >= 4 is 17.1 Å². The highest BCUT2D eigenvalue weighted by atomic mass is 16.2. The third kappa shape index (κ3) is 4.13. The largest absolute Gasteiger partial charge is 0.338 e. The van der Waals surface area contributed by atoms with E-state index in [1.807, 2.05) is 49.6 Å². The molecule has 0 aliphatic rings. The van der Waals surface area contributed by atoms with Crippen LogP contribution in [0.3, 0.4) is 0 Å². The summed E-state index contributed by atoms with van der Waals surface area (Å²) in [5.74, 6) is 0. The van der Waals surface area contributed by atoms with Gasteiger partial charge < -0.3 is 15.2 Å². The van der Waals surface area contributed by atoms with Crippen molar-refractivity contribution < 1.29 is 4.79 Å². The number of carbonyl (C=O) groups excluding carboxylic acids is 1. The summed E-state index contributed by atoms with van der Waals surface area (Å²) in [5.41, 5.74) is 4.43. The van der Waals surface area contributed by atoms with Crippen LogP contribution in [-0.2, 0) is 13.1 Å². The van der Waals surface area contributed by atoms with Crippen molar-refractivity contribution in [3.63, 3.8) is 0 Å². The van der Waals surface area contributed by atoms with Gasteiger partial charge in [0.15, 0.2) is 0 Å². The van der Waals surface area contributed by atoms with Crippen molar-refractivity contribution in [1.82, 2.24) is 20.2 Å². The highest BCUT2D eigenvalue weighted by Gasteiger charge is 2.03. The minimum atomic E-state index is -0.132. The quantitative estimate of drug-likeness (QED) is 0.685. The first-order valence-electron chi connectivity index (χ1n) is 8.19. The number of amides is 2. The molecule has 5 nitrogen and oxygen atoms in total. The maximum absolute atomic E-state index is 11.8. The van der Waals surface area contributed by atoms with Gasteiger partial charge in [-0.05, 0) is 31.0 Å². The fraction of sp³-hybridized carbons (Fsp3) is 0.263. The molecule has 124 valence electrons. The third-order valence-electron chi connectivity index (χ3n) is 3.92. The van der Waals surface area contributed by atoms with Crippen LogP contribution in [0.1, 0.15) is 17.5 Å². The highest BCUT2D eigenvalue weighted by molar-refractivity contribution is 5.75. The van der Waals surface area contributed by atoms with Gasteiger partial charge in [-0.2, -0.15) is 0 Å². The topological polar surface area (TPSA) is 59.0 Å². The van der Waals surface area contributed by atoms with Crippen LogP contribution < -0.4 is 10.6 Å². The molecule has 0 unspecified atom stereocenters. The minimum Gasteiger partial charge on any atom is -0.338 e. The maximum Gasteiger partial charge on any atom is 0.315 e. The van der Waals surface area contributed by atoms with E-state index in [9.17, 15) is 4.79 Å². The molecule has 0 spiro atoms. The summed E-state index contributed by atoms with van der Waals surface area (Å²) < 4.78 is 2.11. The normalized spacial score (nSPS) is 10.7. The summed E-state index contributed by atoms with van der Waals surface area (Å²) in [5, 5.41) is 5.77. The Morgan fingerprint density at radius 1 is 1.12 bits per heavy atom. The average Bonchev–Trinajstić information content (AvgIpc) is 3.00. The first-order chi connectivity index (χ1) is 11.7. The van der Waals surface area contributed by atoms with E-state index >= 15 is 0 Å². The molecule has 0 bridgehead atoms. The number of urea groups is 1. The molecule has 3 aromatic rings. The van der Waals surface area contributed by atoms with Gasteiger partial charge >= 0.3 is 6.03 Å². The second-order valence-corrected chi connectivity index (χ2v) is 5.88. The van der Waals surface area contributed by atoms with Crippen molar-refractivity contribution in [3.8, 4) is 0 Å². The molecule has 2 aromatic carbocycles. The molecule has 2 amide bonds. The molecular weight excluding hydrogens is 300 g/mol. The van der Waals surface area contributed by atoms with Crippen LogP contribution >= 0.6 is 0 Å². The van der Waals surface area contributed by atoms with E-state index in [0.717, 1.165) is 29.6 Å². The van der Waals surface area contributed by atoms with Crippen molar-refractivity contribution in [2.45, 2.75) is 26.4 Å². The molecule has 0 fully saturated rings. The van der Waals surface area contributed by atoms with Crippen LogP contribution in [0.25, 0.3) is 11.0 Å². The van der Waals surface area contributed by atoms with Gasteiger partial charge in [0.25, 0.3) is 0 Å². The summed E-state index contributed by atoms with van der Waals surface area (Å²) in [4.78, 5) is 16.2. The summed E-state index contributed by atoms with van der Waals surface area (Å²) in [6.07, 6.45) is 2.71. The number of fused-ring (bicyclic) bond motifs is 1. The predicted molar refractivity (Wildman–Crippen MR) is 95.8 cm³/mol. The van der Waals surface area contributed by atoms with Crippen molar-refractivity contribution in [2.24, 2.45) is 0 Å². The molecule has 1 aromatic heterocycles. The zero-order chi connectivity index (χ0) is 16.8. The summed E-state index contributed by atoms with van der Waals surface area (Å²) in [7, 11) is 0. The Bertz CT molecular complexity index is 825. The molecule has 2 N–H and O–H groups in total. The van der Waals surface area contributed by atoms with Gasteiger partial charge in [-0.15, -0.1) is 0 Å². The third-order valence-corrected chi connectivity index (χ3v) is 3.92. The van der Waals surface area contributed by atoms with E-state index in [4.69, 9.17) is 0 Å². The second-order valence-electron chi connectivity index (χ2n) is 5.88. The van der Waals surface area contributed by atoms with Crippen LogP contribution in [-0.4, -0.2) is 22.1 Å². The zero-order valence-corrected chi connectivity index (χ0v) is 13.8. The van der Waals surface area contributed by atoms with E-state index in [2.05, 4.69) is 32.3 Å². The number of nitrogens with zero attached hydrogens (tertiary/aromatic N) is 2. The van der Waals surface area contributed by atoms with Gasteiger partial charge in [-0.3, -0.25) is 0 Å². The number of aryl methyl sites for hydroxylation is 2. The Balaban J connectivity index is 1.39. The Labute approximate surface area is 141 Å². The molecule has 0 aliphatic carbocycles. The molecular formula is C19H22N4O. The number of nitrogens with one attached hydrogen (secondary N) is 2. The Morgan fingerprint density at radius 3 is 2.88 bits per heavy atom. The molecule has 0 aliphatic heterocycles. The lowest BCUT2D eigenvalue weighted by Gasteiger charge is -2.09. The van der Waals surface area contributed by atoms with Crippen molar-refractivity contribution in [2.75, 3.05) is 6.54 Å². The number of hydrogen-bond donors (Lipinski definition) is 2. The van der Waals surface area contributed by atoms with E-state index in [1.165, 1.54) is 5.56 Å². The first kappa shape index (κ1) is 16.1. The van der Waals surface area contributed by atoms with Gasteiger partial charge in [0, 0.05) is 19.6 Å². The Kier molecular flexibility index (Phi) is 5.11. The van der Waals surface area contributed by atoms with Crippen LogP contribution in [0.5, 0.6) is 0 Å². The van der Waals surface area contributed by atoms with Crippen LogP contribution in [0.2, 0.25) is 0 Å². The van der Waals surface area contributed by atoms with Gasteiger partial charge in [0.1, 0.15) is 0 Å². The number of para-hydroxylation sites is 2. The fourth-order valence-electron chi connectivity index (χ4n) is 2.71. The number of aromatic nitrogens is 2. The standard InChI is InChI=1S/C19H22N4O/c1-15-6-4-7-16(12-15)13-21-19(24)20-10-5-11-23-14-22-17-8-2-3-9-18(17)23/h2-4,6-9,12,14H,5,10-11,13H2,1H3,(H2,20,21,24). The lowest BCUT2D eigenvalue weighted by molar-refractivity contribution is 0.240. The van der Waals surface area contributed by atoms with E-state index in [-0.39, 0.29) is 6.03 Å². The van der Waals surface area contributed by atoms with Crippen LogP contribution in [0.15, 0.2) is 54.9 Å². The molecule has 0 saturated heterocycles. The molecule has 0 atom stereocenters. The molecule has 5 heteroatoms. The maximum atomic E-state index is 11.8. The number of hydrogen-bond acceptors (Lipinski definition) is 2. The predicted octanol–water partition coefficient (Wildman–Crippen LogP) is 3.23. The lowest BCUT2D eigenvalue weighted by atomic mass is 10.1. The van der Waals surface area contributed by atoms with E-state index < -0.39 is 0 Å². The SMILES string of the molecule is Cc1cccc(CNC(=O)NCCCn2cnc3ccccc32)c1. The summed E-state index contributed by atoms with van der Waals surface area (Å²) >= 11 is 0. The monoisotopic (exact) mass is 322 g/mol. The number of rotatable bonds is 6. The average molecular weight is 322 g/mol. The molecule has 3 rings (SSSR count). The van der Waals surface area contributed by atoms with Gasteiger partial charge in [0.05, 0.1) is 17.4 Å². The summed E-state index contributed by atoms with van der Waals surface area (Å²) in [6, 6.07) is 16.1. The smallest absolute Gasteiger partial charge is 0.315 e. The van der Waals surface area contributed by atoms with Crippen LogP contribution in [0, 0.1) is 6.92 Å². The fourth-order valence-corrected chi connectivity index (χ4v) is 2.71. The first-order valence-corrected chi connectivity index (χ1v) is 8.19. The lowest BCUT2D eigenvalue weighted by Crippen LogP contribution is -2.35. The number of imidazole rings is 1. The highest BCUT2D eigenvalue weighted by Crippen LogP contribution is 2.11. The second kappa shape index (κ2) is 7.64. The molecule has 0 radical (unpaired) electrons. The molecule has 1 heterocycles. The van der Waals surface area contributed by atoms with Gasteiger partial charge in [0.2, 0.25) is 0 Å². The summed E-state index contributed by atoms with van der Waals surface area (Å²) in [6.45, 7) is 4.05. The van der Waals surface area contributed by atoms with Crippen LogP contribution in [0.4, 0.5) is 4.79 Å². The number of benzene rings is 2. The molecule has 0 saturated carbocycles. The Hall–Kier alpha value is -2.82. The molecule has 24 heavy (non-hydrogen) atoms. The Morgan fingerprint density at radius 2 is 2.00 bits per heavy atom. The van der Waals surface area contributed by atoms with Gasteiger partial charge in [-0.25, -0.2) is 9.78 Å². The minimum absolute atomic E-state index is 0.132. The number of carbonyl (C=O) groups is 1. The van der Waals surface area contributed by atoms with Crippen molar-refractivity contribution in [1.29, 1.82) is 0 Å². The van der Waals surface area contributed by atoms with Gasteiger partial charge in [-0.1, -0.05) is 42.0 Å². The zero-order valence-electron chi connectivity index (χ0n) is 13.8. The van der Waals surface area contributed by atoms with E-state index in [0.29, 0.717) is 13.1 Å². The van der Waals surface area contributed by atoms with E-state index in [1.54, 1.807) is 0 Å².